The van der Waals surface area contributed by atoms with Gasteiger partial charge in [0.1, 0.15) is 5.65 Å². The first kappa shape index (κ1) is 25.0. The molecule has 0 unspecified atom stereocenters. The van der Waals surface area contributed by atoms with Crippen LogP contribution in [0.25, 0.3) is 27.7 Å². The fourth-order valence-corrected chi connectivity index (χ4v) is 5.71. The highest BCUT2D eigenvalue weighted by Gasteiger charge is 2.15. The second kappa shape index (κ2) is 10.4. The minimum Gasteiger partial charge on any atom is -0.494 e. The van der Waals surface area contributed by atoms with Gasteiger partial charge in [-0.3, -0.25) is 4.40 Å². The normalized spacial score (nSPS) is 12.2. The number of rotatable bonds is 10. The molecular weight excluding hydrogens is 486 g/mol. The van der Waals surface area contributed by atoms with Gasteiger partial charge in [0, 0.05) is 48.9 Å². The number of imidazole rings is 1. The van der Waals surface area contributed by atoms with Gasteiger partial charge in [0.05, 0.1) is 10.6 Å². The third-order valence-corrected chi connectivity index (χ3v) is 8.32. The van der Waals surface area contributed by atoms with Crippen LogP contribution in [0.4, 0.5) is 0 Å². The molecule has 0 bridgehead atoms. The summed E-state index contributed by atoms with van der Waals surface area (Å²) in [6.45, 7) is 6.98. The van der Waals surface area contributed by atoms with Crippen LogP contribution < -0.4 is 4.72 Å². The van der Waals surface area contributed by atoms with Crippen LogP contribution in [-0.4, -0.2) is 59.0 Å². The van der Waals surface area contributed by atoms with Gasteiger partial charge < -0.3 is 15.0 Å². The Bertz CT molecular complexity index is 1630. The van der Waals surface area contributed by atoms with Crippen LogP contribution in [0.15, 0.2) is 78.1 Å². The smallest absolute Gasteiger partial charge is 0.240 e. The maximum Gasteiger partial charge on any atom is 0.240 e. The first-order valence-corrected chi connectivity index (χ1v) is 13.9. The number of hydrogen-bond acceptors (Lipinski definition) is 5. The van der Waals surface area contributed by atoms with E-state index in [1.807, 2.05) is 36.5 Å². The Kier molecular flexibility index (Phi) is 7.01. The number of likely N-dealkylation sites (N-methyl/N-ethyl adjacent to an activating group) is 1. The summed E-state index contributed by atoms with van der Waals surface area (Å²) >= 11 is 0. The first-order chi connectivity index (χ1) is 17.9. The third kappa shape index (κ3) is 5.11. The van der Waals surface area contributed by atoms with Crippen molar-refractivity contribution < 1.29 is 13.5 Å². The molecule has 0 spiro atoms. The molecule has 0 atom stereocenters. The van der Waals surface area contributed by atoms with Crippen molar-refractivity contribution in [2.45, 2.75) is 25.2 Å². The summed E-state index contributed by atoms with van der Waals surface area (Å²) in [7, 11) is -3.55. The average Bonchev–Trinajstić information content (AvgIpc) is 3.54. The maximum atomic E-state index is 12.7. The molecule has 37 heavy (non-hydrogen) atoms. The Balaban J connectivity index is 1.34. The Morgan fingerprint density at radius 2 is 1.84 bits per heavy atom. The highest BCUT2D eigenvalue weighted by atomic mass is 32.2. The molecule has 3 aromatic heterocycles. The predicted molar refractivity (Wildman–Crippen MR) is 146 cm³/mol. The highest BCUT2D eigenvalue weighted by molar-refractivity contribution is 7.89. The molecule has 5 rings (SSSR count). The van der Waals surface area contributed by atoms with Crippen molar-refractivity contribution in [2.24, 2.45) is 0 Å². The van der Waals surface area contributed by atoms with Crippen molar-refractivity contribution >= 4 is 26.4 Å². The molecule has 0 saturated heterocycles. The zero-order valence-corrected chi connectivity index (χ0v) is 21.8. The van der Waals surface area contributed by atoms with Crippen molar-refractivity contribution in [1.82, 2.24) is 24.0 Å². The van der Waals surface area contributed by atoms with Crippen molar-refractivity contribution in [3.63, 3.8) is 0 Å². The van der Waals surface area contributed by atoms with Crippen LogP contribution in [0.2, 0.25) is 0 Å². The quantitative estimate of drug-likeness (QED) is 0.255. The molecule has 5 aromatic rings. The molecule has 2 aromatic carbocycles. The van der Waals surface area contributed by atoms with Gasteiger partial charge in [-0.15, -0.1) is 0 Å². The Morgan fingerprint density at radius 3 is 2.59 bits per heavy atom. The number of sulfonamides is 1. The minimum absolute atomic E-state index is 0.166. The van der Waals surface area contributed by atoms with Crippen LogP contribution in [0.5, 0.6) is 5.88 Å². The Morgan fingerprint density at radius 1 is 1.05 bits per heavy atom. The highest BCUT2D eigenvalue weighted by Crippen LogP contribution is 2.30. The first-order valence-electron chi connectivity index (χ1n) is 12.5. The molecule has 0 amide bonds. The van der Waals surface area contributed by atoms with Gasteiger partial charge in [-0.05, 0) is 60.1 Å². The molecule has 192 valence electrons. The number of fused-ring (bicyclic) bond motifs is 2. The molecule has 0 aliphatic rings. The van der Waals surface area contributed by atoms with Gasteiger partial charge in [0.2, 0.25) is 10.0 Å². The molecular formula is C28H31N5O3S. The molecule has 0 fully saturated rings. The van der Waals surface area contributed by atoms with Crippen LogP contribution in [0, 0.1) is 0 Å². The monoisotopic (exact) mass is 517 g/mol. The molecule has 8 nitrogen and oxygen atoms in total. The lowest BCUT2D eigenvalue weighted by molar-refractivity contribution is 0.309. The van der Waals surface area contributed by atoms with Gasteiger partial charge >= 0.3 is 0 Å². The summed E-state index contributed by atoms with van der Waals surface area (Å²) in [4.78, 5) is 9.89. The van der Waals surface area contributed by atoms with Crippen LogP contribution >= 0.6 is 0 Å². The zero-order chi connectivity index (χ0) is 26.0. The molecule has 0 saturated carbocycles. The molecule has 0 aliphatic heterocycles. The third-order valence-electron chi connectivity index (χ3n) is 6.84. The van der Waals surface area contributed by atoms with E-state index in [1.165, 1.54) is 0 Å². The van der Waals surface area contributed by atoms with Gasteiger partial charge in [0.15, 0.2) is 5.88 Å². The minimum atomic E-state index is -3.55. The predicted octanol–water partition coefficient (Wildman–Crippen LogP) is 4.40. The van der Waals surface area contributed by atoms with E-state index in [4.69, 9.17) is 0 Å². The van der Waals surface area contributed by atoms with E-state index in [2.05, 4.69) is 50.0 Å². The average molecular weight is 518 g/mol. The van der Waals surface area contributed by atoms with Crippen LogP contribution in [0.1, 0.15) is 25.0 Å². The maximum absolute atomic E-state index is 12.7. The summed E-state index contributed by atoms with van der Waals surface area (Å²) in [6, 6.07) is 17.1. The summed E-state index contributed by atoms with van der Waals surface area (Å²) in [5, 5.41) is 11.6. The molecule has 0 aliphatic carbocycles. The van der Waals surface area contributed by atoms with E-state index in [0.29, 0.717) is 19.5 Å². The van der Waals surface area contributed by atoms with Crippen molar-refractivity contribution in [2.75, 3.05) is 26.2 Å². The SMILES string of the molecule is CCN(CC)CCNS(=O)(=O)c1ccc(Cc2ccc(-c3ccc4c(O)[nH]cc4c3)n3ccnc23)cc1. The molecule has 9 heteroatoms. The second-order valence-electron chi connectivity index (χ2n) is 9.05. The van der Waals surface area contributed by atoms with E-state index in [1.54, 1.807) is 24.5 Å². The fraction of sp³-hybridized carbons (Fsp3) is 0.250. The molecule has 3 N–H and O–H groups in total. The van der Waals surface area contributed by atoms with Crippen LogP contribution in [0.3, 0.4) is 0 Å². The second-order valence-corrected chi connectivity index (χ2v) is 10.8. The lowest BCUT2D eigenvalue weighted by Gasteiger charge is -2.18. The number of hydrogen-bond donors (Lipinski definition) is 3. The largest absolute Gasteiger partial charge is 0.494 e. The number of H-pyrrole nitrogens is 1. The van der Waals surface area contributed by atoms with E-state index in [-0.39, 0.29) is 10.8 Å². The standard InChI is InChI=1S/C28H31N5O3S/c1-3-32(4-2)15-14-31-37(35,36)24-9-5-20(6-10-24)17-22-8-12-26(33-16-13-29-27(22)33)21-7-11-25-23(18-21)19-30-28(25)34/h5-13,16,18-19,30-31,34H,3-4,14-15,17H2,1-2H3. The summed E-state index contributed by atoms with van der Waals surface area (Å²) in [5.74, 6) is 0.166. The number of aromatic amines is 1. The summed E-state index contributed by atoms with van der Waals surface area (Å²) in [6.07, 6.45) is 6.13. The summed E-state index contributed by atoms with van der Waals surface area (Å²) in [5.41, 5.74) is 4.91. The fourth-order valence-electron chi connectivity index (χ4n) is 4.69. The van der Waals surface area contributed by atoms with Crippen molar-refractivity contribution in [3.05, 3.63) is 84.3 Å². The number of aromatic hydroxyl groups is 1. The summed E-state index contributed by atoms with van der Waals surface area (Å²) < 4.78 is 30.2. The van der Waals surface area contributed by atoms with Gasteiger partial charge in [-0.2, -0.15) is 0 Å². The number of nitrogens with zero attached hydrogens (tertiary/aromatic N) is 3. The molecule has 0 radical (unpaired) electrons. The van der Waals surface area contributed by atoms with E-state index < -0.39 is 10.0 Å². The van der Waals surface area contributed by atoms with E-state index >= 15 is 0 Å². The lowest BCUT2D eigenvalue weighted by atomic mass is 10.0. The van der Waals surface area contributed by atoms with E-state index in [9.17, 15) is 13.5 Å². The molecule has 3 heterocycles. The number of pyridine rings is 1. The number of nitrogens with one attached hydrogen (secondary N) is 2. The van der Waals surface area contributed by atoms with Gasteiger partial charge in [-0.25, -0.2) is 18.1 Å². The van der Waals surface area contributed by atoms with Crippen LogP contribution in [-0.2, 0) is 16.4 Å². The van der Waals surface area contributed by atoms with Crippen molar-refractivity contribution in [3.8, 4) is 17.1 Å². The topological polar surface area (TPSA) is 103 Å². The Hall–Kier alpha value is -3.66. The number of aromatic nitrogens is 3. The van der Waals surface area contributed by atoms with Gasteiger partial charge in [-0.1, -0.05) is 38.1 Å². The lowest BCUT2D eigenvalue weighted by Crippen LogP contribution is -2.34. The zero-order valence-electron chi connectivity index (χ0n) is 21.0. The van der Waals surface area contributed by atoms with Gasteiger partial charge in [0.25, 0.3) is 0 Å². The Labute approximate surface area is 216 Å². The van der Waals surface area contributed by atoms with E-state index in [0.717, 1.165) is 51.9 Å². The number of benzene rings is 2. The van der Waals surface area contributed by atoms with Crippen molar-refractivity contribution in [1.29, 1.82) is 0 Å².